The topological polar surface area (TPSA) is 46.2 Å². The fourth-order valence-corrected chi connectivity index (χ4v) is 2.86. The van der Waals surface area contributed by atoms with E-state index in [1.807, 2.05) is 31.2 Å². The first-order chi connectivity index (χ1) is 8.63. The maximum atomic E-state index is 11.8. The SMILES string of the molecule is Cc1cccc(C[S@@](=O)CC(=O)NCC2CC2)c1. The van der Waals surface area contributed by atoms with Crippen LogP contribution in [0.25, 0.3) is 0 Å². The Labute approximate surface area is 110 Å². The van der Waals surface area contributed by atoms with E-state index in [1.165, 1.54) is 12.8 Å². The summed E-state index contributed by atoms with van der Waals surface area (Å²) in [4.78, 5) is 11.5. The van der Waals surface area contributed by atoms with Gasteiger partial charge in [-0.2, -0.15) is 0 Å². The maximum Gasteiger partial charge on any atom is 0.232 e. The number of amides is 1. The summed E-state index contributed by atoms with van der Waals surface area (Å²) >= 11 is 0. The number of carbonyl (C=O) groups is 1. The summed E-state index contributed by atoms with van der Waals surface area (Å²) in [6.45, 7) is 2.76. The van der Waals surface area contributed by atoms with Crippen LogP contribution in [-0.2, 0) is 21.3 Å². The van der Waals surface area contributed by atoms with Crippen molar-refractivity contribution in [2.75, 3.05) is 12.3 Å². The molecule has 0 unspecified atom stereocenters. The molecule has 1 atom stereocenters. The van der Waals surface area contributed by atoms with Crippen LogP contribution in [0.1, 0.15) is 24.0 Å². The molecule has 3 nitrogen and oxygen atoms in total. The predicted molar refractivity (Wildman–Crippen MR) is 73.6 cm³/mol. The molecule has 0 radical (unpaired) electrons. The molecule has 1 aromatic carbocycles. The van der Waals surface area contributed by atoms with Gasteiger partial charge in [-0.1, -0.05) is 29.8 Å². The van der Waals surface area contributed by atoms with Crippen molar-refractivity contribution in [3.63, 3.8) is 0 Å². The number of rotatable bonds is 6. The third-order valence-electron chi connectivity index (χ3n) is 2.99. The zero-order valence-electron chi connectivity index (χ0n) is 10.6. The Morgan fingerprint density at radius 2 is 2.22 bits per heavy atom. The van der Waals surface area contributed by atoms with Crippen LogP contribution in [0.4, 0.5) is 0 Å². The Kier molecular flexibility index (Phi) is 4.53. The van der Waals surface area contributed by atoms with Crippen LogP contribution in [0.2, 0.25) is 0 Å². The Morgan fingerprint density at radius 3 is 2.89 bits per heavy atom. The van der Waals surface area contributed by atoms with Gasteiger partial charge in [0.25, 0.3) is 0 Å². The molecule has 0 heterocycles. The van der Waals surface area contributed by atoms with E-state index < -0.39 is 10.8 Å². The molecule has 4 heteroatoms. The normalized spacial score (nSPS) is 16.3. The number of aryl methyl sites for hydroxylation is 1. The van der Waals surface area contributed by atoms with Crippen molar-refractivity contribution in [2.45, 2.75) is 25.5 Å². The highest BCUT2D eigenvalue weighted by atomic mass is 32.2. The molecular formula is C14H19NO2S. The van der Waals surface area contributed by atoms with Crippen LogP contribution in [-0.4, -0.2) is 22.4 Å². The van der Waals surface area contributed by atoms with E-state index in [-0.39, 0.29) is 11.7 Å². The van der Waals surface area contributed by atoms with Crippen LogP contribution in [0.5, 0.6) is 0 Å². The lowest BCUT2D eigenvalue weighted by molar-refractivity contribution is -0.118. The van der Waals surface area contributed by atoms with Crippen LogP contribution in [0.15, 0.2) is 24.3 Å². The minimum Gasteiger partial charge on any atom is -0.355 e. The van der Waals surface area contributed by atoms with E-state index in [9.17, 15) is 9.00 Å². The summed E-state index contributed by atoms with van der Waals surface area (Å²) in [5, 5.41) is 2.84. The molecule has 1 saturated carbocycles. The first kappa shape index (κ1) is 13.3. The first-order valence-electron chi connectivity index (χ1n) is 6.30. The predicted octanol–water partition coefficient (Wildman–Crippen LogP) is 1.77. The van der Waals surface area contributed by atoms with Gasteiger partial charge in [0.15, 0.2) is 0 Å². The molecule has 0 aromatic heterocycles. The molecule has 1 aliphatic rings. The van der Waals surface area contributed by atoms with E-state index >= 15 is 0 Å². The second-order valence-corrected chi connectivity index (χ2v) is 6.42. The van der Waals surface area contributed by atoms with Gasteiger partial charge < -0.3 is 5.32 Å². The molecule has 0 aliphatic heterocycles. The quantitative estimate of drug-likeness (QED) is 0.852. The van der Waals surface area contributed by atoms with E-state index in [2.05, 4.69) is 5.32 Å². The lowest BCUT2D eigenvalue weighted by Crippen LogP contribution is -2.30. The molecule has 1 N–H and O–H groups in total. The van der Waals surface area contributed by atoms with Gasteiger partial charge in [0.1, 0.15) is 5.75 Å². The number of hydrogen-bond acceptors (Lipinski definition) is 2. The highest BCUT2D eigenvalue weighted by Crippen LogP contribution is 2.27. The van der Waals surface area contributed by atoms with E-state index in [1.54, 1.807) is 0 Å². The van der Waals surface area contributed by atoms with Crippen molar-refractivity contribution in [2.24, 2.45) is 5.92 Å². The van der Waals surface area contributed by atoms with Gasteiger partial charge in [0.2, 0.25) is 5.91 Å². The first-order valence-corrected chi connectivity index (χ1v) is 7.79. The summed E-state index contributed by atoms with van der Waals surface area (Å²) in [6, 6.07) is 7.93. The number of carbonyl (C=O) groups excluding carboxylic acids is 1. The number of benzene rings is 1. The van der Waals surface area contributed by atoms with Crippen molar-refractivity contribution in [1.29, 1.82) is 0 Å². The second-order valence-electron chi connectivity index (χ2n) is 4.97. The standard InChI is InChI=1S/C14H19NO2S/c1-11-3-2-4-13(7-11)9-18(17)10-14(16)15-8-12-5-6-12/h2-4,7,12H,5-6,8-10H2,1H3,(H,15,16)/t18-/m1/s1. The highest BCUT2D eigenvalue weighted by molar-refractivity contribution is 7.84. The van der Waals surface area contributed by atoms with Gasteiger partial charge in [0, 0.05) is 23.1 Å². The molecular weight excluding hydrogens is 246 g/mol. The number of hydrogen-bond donors (Lipinski definition) is 1. The molecule has 0 spiro atoms. The van der Waals surface area contributed by atoms with Gasteiger partial charge in [-0.3, -0.25) is 9.00 Å². The van der Waals surface area contributed by atoms with Crippen LogP contribution in [0, 0.1) is 12.8 Å². The van der Waals surface area contributed by atoms with Crippen LogP contribution >= 0.6 is 0 Å². The summed E-state index contributed by atoms with van der Waals surface area (Å²) in [7, 11) is -1.12. The Hall–Kier alpha value is -1.16. The van der Waals surface area contributed by atoms with E-state index in [0.717, 1.165) is 17.7 Å². The van der Waals surface area contributed by atoms with Crippen LogP contribution in [0.3, 0.4) is 0 Å². The zero-order valence-corrected chi connectivity index (χ0v) is 11.5. The Morgan fingerprint density at radius 1 is 1.44 bits per heavy atom. The molecule has 98 valence electrons. The third kappa shape index (κ3) is 4.61. The minimum atomic E-state index is -1.12. The van der Waals surface area contributed by atoms with E-state index in [4.69, 9.17) is 0 Å². The smallest absolute Gasteiger partial charge is 0.232 e. The lowest BCUT2D eigenvalue weighted by atomic mass is 10.2. The molecule has 2 rings (SSSR count). The average Bonchev–Trinajstić information content (AvgIpc) is 3.09. The fraction of sp³-hybridized carbons (Fsp3) is 0.500. The zero-order chi connectivity index (χ0) is 13.0. The molecule has 1 aromatic rings. The summed E-state index contributed by atoms with van der Waals surface area (Å²) in [5.41, 5.74) is 2.19. The molecule has 1 fully saturated rings. The summed E-state index contributed by atoms with van der Waals surface area (Å²) in [5.74, 6) is 1.14. The molecule has 0 bridgehead atoms. The van der Waals surface area contributed by atoms with Crippen molar-refractivity contribution in [3.05, 3.63) is 35.4 Å². The third-order valence-corrected chi connectivity index (χ3v) is 4.23. The van der Waals surface area contributed by atoms with Crippen LogP contribution < -0.4 is 5.32 Å². The Balaban J connectivity index is 1.75. The Bertz CT molecular complexity index is 455. The van der Waals surface area contributed by atoms with Crippen molar-refractivity contribution < 1.29 is 9.00 Å². The van der Waals surface area contributed by atoms with Gasteiger partial charge in [-0.05, 0) is 31.2 Å². The number of nitrogens with one attached hydrogen (secondary N) is 1. The molecule has 1 aliphatic carbocycles. The van der Waals surface area contributed by atoms with Crippen molar-refractivity contribution in [1.82, 2.24) is 5.32 Å². The van der Waals surface area contributed by atoms with Crippen molar-refractivity contribution >= 4 is 16.7 Å². The monoisotopic (exact) mass is 265 g/mol. The summed E-state index contributed by atoms with van der Waals surface area (Å²) in [6.07, 6.45) is 2.43. The van der Waals surface area contributed by atoms with Gasteiger partial charge >= 0.3 is 0 Å². The maximum absolute atomic E-state index is 11.8. The molecule has 18 heavy (non-hydrogen) atoms. The largest absolute Gasteiger partial charge is 0.355 e. The second kappa shape index (κ2) is 6.14. The molecule has 1 amide bonds. The van der Waals surface area contributed by atoms with Gasteiger partial charge in [-0.15, -0.1) is 0 Å². The lowest BCUT2D eigenvalue weighted by Gasteiger charge is -2.05. The van der Waals surface area contributed by atoms with Gasteiger partial charge in [0.05, 0.1) is 0 Å². The fourth-order valence-electron chi connectivity index (χ4n) is 1.82. The van der Waals surface area contributed by atoms with E-state index in [0.29, 0.717) is 11.7 Å². The average molecular weight is 265 g/mol. The highest BCUT2D eigenvalue weighted by Gasteiger charge is 2.21. The minimum absolute atomic E-state index is 0.0899. The van der Waals surface area contributed by atoms with Gasteiger partial charge in [-0.25, -0.2) is 0 Å². The molecule has 0 saturated heterocycles. The summed E-state index contributed by atoms with van der Waals surface area (Å²) < 4.78 is 11.8. The van der Waals surface area contributed by atoms with Crippen molar-refractivity contribution in [3.8, 4) is 0 Å².